The van der Waals surface area contributed by atoms with Crippen LogP contribution in [-0.2, 0) is 20.8 Å². The molecule has 0 saturated carbocycles. The Hall–Kier alpha value is -4.04. The van der Waals surface area contributed by atoms with Crippen molar-refractivity contribution in [3.8, 4) is 0 Å². The molecule has 3 aromatic carbocycles. The minimum atomic E-state index is -0.818. The Balaban J connectivity index is 1.46. The number of ether oxygens (including phenoxy) is 1. The third-order valence-corrected chi connectivity index (χ3v) is 8.14. The van der Waals surface area contributed by atoms with Gasteiger partial charge in [0.05, 0.1) is 11.4 Å². The fraction of sp³-hybridized carbons (Fsp3) is 0.364. The van der Waals surface area contributed by atoms with Gasteiger partial charge in [-0.1, -0.05) is 54.5 Å². The first-order chi connectivity index (χ1) is 19.8. The number of nitrogens with zero attached hydrogens (tertiary/aromatic N) is 3. The minimum Gasteiger partial charge on any atom is -0.481 e. The molecular formula is C33H36FN3O4. The molecule has 5 rings (SSSR count). The average Bonchev–Trinajstić information content (AvgIpc) is 3.31. The first-order valence-electron chi connectivity index (χ1n) is 14.1. The van der Waals surface area contributed by atoms with Gasteiger partial charge in [0.2, 0.25) is 0 Å². The molecule has 0 bridgehead atoms. The van der Waals surface area contributed by atoms with Crippen molar-refractivity contribution in [2.24, 2.45) is 10.1 Å². The molecule has 41 heavy (non-hydrogen) atoms. The molecule has 3 unspecified atom stereocenters. The first kappa shape index (κ1) is 28.5. The quantitative estimate of drug-likeness (QED) is 0.266. The number of benzene rings is 3. The van der Waals surface area contributed by atoms with E-state index in [1.54, 1.807) is 19.2 Å². The van der Waals surface area contributed by atoms with Crippen molar-refractivity contribution in [1.29, 1.82) is 0 Å². The van der Waals surface area contributed by atoms with Gasteiger partial charge in [-0.25, -0.2) is 9.38 Å². The first-order valence-corrected chi connectivity index (χ1v) is 14.1. The van der Waals surface area contributed by atoms with E-state index in [-0.39, 0.29) is 24.4 Å². The second-order valence-electron chi connectivity index (χ2n) is 11.0. The molecule has 0 spiro atoms. The molecule has 2 heterocycles. The number of anilines is 1. The monoisotopic (exact) mass is 557 g/mol. The average molecular weight is 558 g/mol. The lowest BCUT2D eigenvalue weighted by atomic mass is 9.81. The predicted molar refractivity (Wildman–Crippen MR) is 159 cm³/mol. The van der Waals surface area contributed by atoms with E-state index in [2.05, 4.69) is 49.3 Å². The number of unbranched alkanes of at least 4 members (excludes halogenated alkanes) is 1. The lowest BCUT2D eigenvalue weighted by Crippen LogP contribution is -2.42. The SMILES string of the molecule is COC1Cc2ccc(C3=NOC(C)(C(C)c4ccccc4)C3)cc2N=C(CCCCC(=O)O)N1c1ccc(F)cc1. The summed E-state index contributed by atoms with van der Waals surface area (Å²) in [6.45, 7) is 4.27. The zero-order chi connectivity index (χ0) is 29.0. The molecule has 0 fully saturated rings. The van der Waals surface area contributed by atoms with Gasteiger partial charge in [-0.3, -0.25) is 4.79 Å². The van der Waals surface area contributed by atoms with Crippen LogP contribution in [0.2, 0.25) is 0 Å². The van der Waals surface area contributed by atoms with Gasteiger partial charge in [-0.2, -0.15) is 0 Å². The van der Waals surface area contributed by atoms with Crippen LogP contribution in [0.4, 0.5) is 15.8 Å². The van der Waals surface area contributed by atoms with Crippen molar-refractivity contribution in [2.45, 2.75) is 70.1 Å². The zero-order valence-electron chi connectivity index (χ0n) is 23.7. The van der Waals surface area contributed by atoms with Crippen LogP contribution in [0.1, 0.15) is 68.6 Å². The Kier molecular flexibility index (Phi) is 8.49. The minimum absolute atomic E-state index is 0.0955. The zero-order valence-corrected chi connectivity index (χ0v) is 23.7. The number of fused-ring (bicyclic) bond motifs is 1. The molecule has 214 valence electrons. The summed E-state index contributed by atoms with van der Waals surface area (Å²) in [5.41, 5.74) is 5.16. The van der Waals surface area contributed by atoms with Crippen LogP contribution < -0.4 is 4.90 Å². The molecule has 0 amide bonds. The van der Waals surface area contributed by atoms with E-state index in [0.717, 1.165) is 34.0 Å². The summed E-state index contributed by atoms with van der Waals surface area (Å²) in [4.78, 5) is 24.3. The van der Waals surface area contributed by atoms with E-state index in [1.165, 1.54) is 17.7 Å². The number of halogens is 1. The molecule has 3 aromatic rings. The maximum atomic E-state index is 13.8. The highest BCUT2D eigenvalue weighted by molar-refractivity contribution is 6.04. The van der Waals surface area contributed by atoms with E-state index in [1.807, 2.05) is 23.1 Å². The van der Waals surface area contributed by atoms with E-state index in [4.69, 9.17) is 19.7 Å². The highest BCUT2D eigenvalue weighted by Gasteiger charge is 2.41. The number of aliphatic carboxylic acids is 1. The van der Waals surface area contributed by atoms with Crippen LogP contribution in [0.3, 0.4) is 0 Å². The lowest BCUT2D eigenvalue weighted by molar-refractivity contribution is -0.137. The van der Waals surface area contributed by atoms with Gasteiger partial charge < -0.3 is 19.6 Å². The number of carboxylic acid groups (broad SMARTS) is 1. The Labute approximate surface area is 240 Å². The molecule has 8 heteroatoms. The predicted octanol–water partition coefficient (Wildman–Crippen LogP) is 7.22. The van der Waals surface area contributed by atoms with Crippen LogP contribution in [-0.4, -0.2) is 41.6 Å². The molecule has 1 N–H and O–H groups in total. The molecule has 0 radical (unpaired) electrons. The molecule has 0 aliphatic carbocycles. The normalized spacial score (nSPS) is 20.9. The topological polar surface area (TPSA) is 83.7 Å². The maximum absolute atomic E-state index is 13.8. The number of aliphatic imine (C=N–C) groups is 1. The van der Waals surface area contributed by atoms with Gasteiger partial charge in [0.15, 0.2) is 0 Å². The van der Waals surface area contributed by atoms with Crippen molar-refractivity contribution < 1.29 is 23.9 Å². The highest BCUT2D eigenvalue weighted by atomic mass is 19.1. The Bertz CT molecular complexity index is 1440. The summed E-state index contributed by atoms with van der Waals surface area (Å²) in [5.74, 6) is -0.246. The maximum Gasteiger partial charge on any atom is 0.303 e. The largest absolute Gasteiger partial charge is 0.481 e. The third-order valence-electron chi connectivity index (χ3n) is 8.14. The summed E-state index contributed by atoms with van der Waals surface area (Å²) >= 11 is 0. The number of methoxy groups -OCH3 is 1. The molecule has 3 atom stereocenters. The van der Waals surface area contributed by atoms with Crippen molar-refractivity contribution in [3.63, 3.8) is 0 Å². The molecule has 7 nitrogen and oxygen atoms in total. The van der Waals surface area contributed by atoms with E-state index < -0.39 is 11.6 Å². The van der Waals surface area contributed by atoms with Crippen LogP contribution in [0.5, 0.6) is 0 Å². The highest BCUT2D eigenvalue weighted by Crippen LogP contribution is 2.40. The summed E-state index contributed by atoms with van der Waals surface area (Å²) < 4.78 is 19.7. The number of rotatable bonds is 10. The number of hydrogen-bond acceptors (Lipinski definition) is 6. The van der Waals surface area contributed by atoms with Gasteiger partial charge in [-0.05, 0) is 61.2 Å². The second kappa shape index (κ2) is 12.2. The van der Waals surface area contributed by atoms with E-state index in [9.17, 15) is 9.18 Å². The Morgan fingerprint density at radius 1 is 1.15 bits per heavy atom. The third kappa shape index (κ3) is 6.33. The van der Waals surface area contributed by atoms with Gasteiger partial charge in [0.1, 0.15) is 23.5 Å². The van der Waals surface area contributed by atoms with Crippen LogP contribution in [0.15, 0.2) is 82.9 Å². The number of oxime groups is 1. The van der Waals surface area contributed by atoms with Gasteiger partial charge in [-0.15, -0.1) is 0 Å². The summed E-state index contributed by atoms with van der Waals surface area (Å²) in [7, 11) is 1.65. The number of hydrogen-bond donors (Lipinski definition) is 1. The van der Waals surface area contributed by atoms with Crippen LogP contribution >= 0.6 is 0 Å². The molecule has 0 aromatic heterocycles. The number of carboxylic acids is 1. The van der Waals surface area contributed by atoms with Crippen LogP contribution in [0.25, 0.3) is 0 Å². The fourth-order valence-electron chi connectivity index (χ4n) is 5.54. The summed E-state index contributed by atoms with van der Waals surface area (Å²) in [6.07, 6.45) is 2.68. The summed E-state index contributed by atoms with van der Waals surface area (Å²) in [6, 6.07) is 22.8. The Morgan fingerprint density at radius 3 is 2.61 bits per heavy atom. The second-order valence-corrected chi connectivity index (χ2v) is 11.0. The smallest absolute Gasteiger partial charge is 0.303 e. The molecule has 0 saturated heterocycles. The van der Waals surface area contributed by atoms with Gasteiger partial charge in [0.25, 0.3) is 0 Å². The molecule has 2 aliphatic rings. The van der Waals surface area contributed by atoms with E-state index >= 15 is 0 Å². The number of amidine groups is 1. The lowest BCUT2D eigenvalue weighted by Gasteiger charge is -2.32. The van der Waals surface area contributed by atoms with E-state index in [0.29, 0.717) is 32.1 Å². The van der Waals surface area contributed by atoms with Crippen LogP contribution in [0, 0.1) is 5.82 Å². The van der Waals surface area contributed by atoms with Crippen molar-refractivity contribution in [3.05, 3.63) is 95.3 Å². The van der Waals surface area contributed by atoms with Crippen molar-refractivity contribution in [1.82, 2.24) is 0 Å². The fourth-order valence-corrected chi connectivity index (χ4v) is 5.54. The molecule has 2 aliphatic heterocycles. The van der Waals surface area contributed by atoms with Crippen molar-refractivity contribution >= 4 is 28.9 Å². The Morgan fingerprint density at radius 2 is 1.90 bits per heavy atom. The van der Waals surface area contributed by atoms with Gasteiger partial charge >= 0.3 is 5.97 Å². The summed E-state index contributed by atoms with van der Waals surface area (Å²) in [5, 5.41) is 13.6. The number of carbonyl (C=O) groups is 1. The molecular weight excluding hydrogens is 521 g/mol. The standard InChI is InChI=1S/C33H36FN3O4/c1-22(23-9-5-4-6-10-23)33(2)21-29(36-41-33)24-13-14-25-20-31(40-3)37(27-17-15-26(34)16-18-27)30(35-28(25)19-24)11-7-8-12-32(38)39/h4-6,9-10,13-19,22,31H,7-8,11-12,20-21H2,1-3H3,(H,38,39). The van der Waals surface area contributed by atoms with Gasteiger partial charge in [0, 0.05) is 50.0 Å². The van der Waals surface area contributed by atoms with Crippen molar-refractivity contribution in [2.75, 3.05) is 12.0 Å².